The zero-order valence-electron chi connectivity index (χ0n) is 11.3. The van der Waals surface area contributed by atoms with Crippen molar-refractivity contribution in [2.45, 2.75) is 31.4 Å². The number of nitrogens with zero attached hydrogens (tertiary/aromatic N) is 2. The molecular formula is C14H15FIN3O2. The van der Waals surface area contributed by atoms with Crippen LogP contribution >= 0.6 is 22.6 Å². The van der Waals surface area contributed by atoms with Gasteiger partial charge in [0.05, 0.1) is 24.3 Å². The minimum absolute atomic E-state index is 0.298. The van der Waals surface area contributed by atoms with E-state index < -0.39 is 6.04 Å². The van der Waals surface area contributed by atoms with Gasteiger partial charge in [0.2, 0.25) is 0 Å². The lowest BCUT2D eigenvalue weighted by Gasteiger charge is -2.26. The molecule has 1 unspecified atom stereocenters. The molecular weight excluding hydrogens is 388 g/mol. The first-order valence-corrected chi connectivity index (χ1v) is 7.87. The van der Waals surface area contributed by atoms with E-state index in [1.54, 1.807) is 6.07 Å². The molecule has 1 aliphatic carbocycles. The molecule has 112 valence electrons. The van der Waals surface area contributed by atoms with Crippen molar-refractivity contribution in [3.05, 3.63) is 33.4 Å². The average Bonchev–Trinajstić information content (AvgIpc) is 2.86. The highest BCUT2D eigenvalue weighted by Crippen LogP contribution is 2.26. The van der Waals surface area contributed by atoms with E-state index in [0.29, 0.717) is 33.6 Å². The van der Waals surface area contributed by atoms with E-state index in [2.05, 4.69) is 10.1 Å². The summed E-state index contributed by atoms with van der Waals surface area (Å²) in [5, 5.41) is 3.89. The van der Waals surface area contributed by atoms with Crippen molar-refractivity contribution >= 4 is 22.6 Å². The summed E-state index contributed by atoms with van der Waals surface area (Å²) in [6.45, 7) is 0.379. The summed E-state index contributed by atoms with van der Waals surface area (Å²) in [5.41, 5.74) is 6.70. The second-order valence-electron chi connectivity index (χ2n) is 5.07. The third-order valence-corrected chi connectivity index (χ3v) is 4.39. The Balaban J connectivity index is 1.69. The highest BCUT2D eigenvalue weighted by atomic mass is 127. The van der Waals surface area contributed by atoms with Gasteiger partial charge in [-0.05, 0) is 60.1 Å². The Hall–Kier alpha value is -1.06. The van der Waals surface area contributed by atoms with Gasteiger partial charge in [-0.2, -0.15) is 4.98 Å². The molecule has 1 atom stereocenters. The molecule has 1 aromatic heterocycles. The standard InChI is InChI=1S/C14H15FIN3O2/c15-8-4-5-10(11(16)6-8)14-18-13(19-21-14)12(17)7-20-9-2-1-3-9/h4-6,9,12H,1-3,7,17H2. The molecule has 2 aromatic rings. The SMILES string of the molecule is NC(COC1CCC1)c1noc(-c2ccc(F)cc2I)n1. The maximum atomic E-state index is 13.1. The number of halogens is 2. The Morgan fingerprint density at radius 3 is 2.95 bits per heavy atom. The first kappa shape index (κ1) is 14.9. The van der Waals surface area contributed by atoms with Crippen LogP contribution in [0.5, 0.6) is 0 Å². The van der Waals surface area contributed by atoms with E-state index >= 15 is 0 Å². The topological polar surface area (TPSA) is 74.2 Å². The molecule has 0 amide bonds. The quantitative estimate of drug-likeness (QED) is 0.777. The Kier molecular flexibility index (Phi) is 4.51. The Bertz CT molecular complexity index is 630. The second kappa shape index (κ2) is 6.37. The van der Waals surface area contributed by atoms with Crippen LogP contribution in [0.15, 0.2) is 22.7 Å². The molecule has 2 N–H and O–H groups in total. The van der Waals surface area contributed by atoms with Crippen LogP contribution in [0.4, 0.5) is 4.39 Å². The zero-order valence-corrected chi connectivity index (χ0v) is 13.4. The molecule has 1 saturated carbocycles. The lowest BCUT2D eigenvalue weighted by molar-refractivity contribution is -0.00549. The molecule has 1 heterocycles. The van der Waals surface area contributed by atoms with Gasteiger partial charge in [-0.15, -0.1) is 0 Å². The number of rotatable bonds is 5. The number of benzene rings is 1. The first-order valence-electron chi connectivity index (χ1n) is 6.79. The molecule has 1 aliphatic rings. The summed E-state index contributed by atoms with van der Waals surface area (Å²) in [5.74, 6) is 0.450. The molecule has 0 spiro atoms. The van der Waals surface area contributed by atoms with Gasteiger partial charge in [-0.1, -0.05) is 5.16 Å². The van der Waals surface area contributed by atoms with Crippen LogP contribution in [-0.4, -0.2) is 22.9 Å². The van der Waals surface area contributed by atoms with Crippen LogP contribution in [0.1, 0.15) is 31.1 Å². The Morgan fingerprint density at radius 2 is 2.29 bits per heavy atom. The number of ether oxygens (including phenoxy) is 1. The van der Waals surface area contributed by atoms with E-state index in [0.717, 1.165) is 12.8 Å². The van der Waals surface area contributed by atoms with E-state index in [9.17, 15) is 4.39 Å². The lowest BCUT2D eigenvalue weighted by atomic mass is 9.96. The normalized spacial score (nSPS) is 16.7. The summed E-state index contributed by atoms with van der Waals surface area (Å²) in [7, 11) is 0. The number of hydrogen-bond acceptors (Lipinski definition) is 5. The highest BCUT2D eigenvalue weighted by Gasteiger charge is 2.22. The monoisotopic (exact) mass is 403 g/mol. The van der Waals surface area contributed by atoms with Crippen LogP contribution in [0, 0.1) is 9.39 Å². The van der Waals surface area contributed by atoms with Gasteiger partial charge in [0.1, 0.15) is 5.82 Å². The summed E-state index contributed by atoms with van der Waals surface area (Å²) in [6.07, 6.45) is 3.73. The summed E-state index contributed by atoms with van der Waals surface area (Å²) >= 11 is 2.03. The third-order valence-electron chi connectivity index (χ3n) is 3.50. The fraction of sp³-hybridized carbons (Fsp3) is 0.429. The average molecular weight is 403 g/mol. The molecule has 5 nitrogen and oxygen atoms in total. The second-order valence-corrected chi connectivity index (χ2v) is 6.24. The van der Waals surface area contributed by atoms with Crippen molar-refractivity contribution in [3.63, 3.8) is 0 Å². The lowest BCUT2D eigenvalue weighted by Crippen LogP contribution is -2.27. The van der Waals surface area contributed by atoms with Crippen LogP contribution in [0.25, 0.3) is 11.5 Å². The predicted molar refractivity (Wildman–Crippen MR) is 82.9 cm³/mol. The van der Waals surface area contributed by atoms with Crippen molar-refractivity contribution in [3.8, 4) is 11.5 Å². The Morgan fingerprint density at radius 1 is 1.48 bits per heavy atom. The minimum Gasteiger partial charge on any atom is -0.376 e. The highest BCUT2D eigenvalue weighted by molar-refractivity contribution is 14.1. The predicted octanol–water partition coefficient (Wildman–Crippen LogP) is 3.05. The molecule has 3 rings (SSSR count). The maximum absolute atomic E-state index is 13.1. The van der Waals surface area contributed by atoms with Crippen LogP contribution in [0.2, 0.25) is 0 Å². The molecule has 1 aromatic carbocycles. The van der Waals surface area contributed by atoms with Gasteiger partial charge in [0, 0.05) is 3.57 Å². The van der Waals surface area contributed by atoms with Crippen LogP contribution < -0.4 is 5.73 Å². The van der Waals surface area contributed by atoms with Gasteiger partial charge < -0.3 is 15.0 Å². The van der Waals surface area contributed by atoms with Gasteiger partial charge in [-0.3, -0.25) is 0 Å². The van der Waals surface area contributed by atoms with Gasteiger partial charge in [0.25, 0.3) is 5.89 Å². The molecule has 0 radical (unpaired) electrons. The van der Waals surface area contributed by atoms with Gasteiger partial charge in [-0.25, -0.2) is 4.39 Å². The molecule has 0 aliphatic heterocycles. The largest absolute Gasteiger partial charge is 0.376 e. The van der Waals surface area contributed by atoms with Gasteiger partial charge >= 0.3 is 0 Å². The molecule has 1 fully saturated rings. The van der Waals surface area contributed by atoms with Crippen molar-refractivity contribution in [1.82, 2.24) is 10.1 Å². The molecule has 7 heteroatoms. The van der Waals surface area contributed by atoms with E-state index in [1.165, 1.54) is 18.6 Å². The van der Waals surface area contributed by atoms with Crippen molar-refractivity contribution in [2.75, 3.05) is 6.61 Å². The van der Waals surface area contributed by atoms with E-state index in [1.807, 2.05) is 22.6 Å². The number of nitrogens with two attached hydrogens (primary N) is 1. The third kappa shape index (κ3) is 3.41. The minimum atomic E-state index is -0.416. The van der Waals surface area contributed by atoms with Crippen molar-refractivity contribution < 1.29 is 13.7 Å². The van der Waals surface area contributed by atoms with Crippen LogP contribution in [0.3, 0.4) is 0 Å². The number of aromatic nitrogens is 2. The van der Waals surface area contributed by atoms with Gasteiger partial charge in [0.15, 0.2) is 5.82 Å². The number of hydrogen-bond donors (Lipinski definition) is 1. The smallest absolute Gasteiger partial charge is 0.259 e. The first-order chi connectivity index (χ1) is 10.1. The van der Waals surface area contributed by atoms with Crippen molar-refractivity contribution in [2.24, 2.45) is 5.73 Å². The fourth-order valence-electron chi connectivity index (χ4n) is 2.01. The molecule has 0 bridgehead atoms. The summed E-state index contributed by atoms with van der Waals surface area (Å²) < 4.78 is 24.7. The zero-order chi connectivity index (χ0) is 14.8. The maximum Gasteiger partial charge on any atom is 0.259 e. The fourth-order valence-corrected chi connectivity index (χ4v) is 2.72. The Labute approximate surface area is 135 Å². The summed E-state index contributed by atoms with van der Waals surface area (Å²) in [4.78, 5) is 4.28. The molecule has 0 saturated heterocycles. The van der Waals surface area contributed by atoms with Crippen LogP contribution in [-0.2, 0) is 4.74 Å². The van der Waals surface area contributed by atoms with Crippen molar-refractivity contribution in [1.29, 1.82) is 0 Å². The van der Waals surface area contributed by atoms with E-state index in [-0.39, 0.29) is 5.82 Å². The molecule has 21 heavy (non-hydrogen) atoms. The van der Waals surface area contributed by atoms with E-state index in [4.69, 9.17) is 15.0 Å². The summed E-state index contributed by atoms with van der Waals surface area (Å²) in [6, 6.07) is 3.98.